The van der Waals surface area contributed by atoms with Crippen molar-refractivity contribution in [2.75, 3.05) is 25.5 Å². The fourth-order valence-electron chi connectivity index (χ4n) is 5.82. The number of rotatable bonds is 7. The van der Waals surface area contributed by atoms with Crippen molar-refractivity contribution in [2.24, 2.45) is 4.99 Å². The summed E-state index contributed by atoms with van der Waals surface area (Å²) in [6, 6.07) is 24.4. The van der Waals surface area contributed by atoms with Crippen LogP contribution < -0.4 is 4.90 Å². The molecule has 2 heterocycles. The Kier molecular flexibility index (Phi) is 7.18. The normalized spacial score (nSPS) is 20.5. The second kappa shape index (κ2) is 10.7. The highest BCUT2D eigenvalue weighted by molar-refractivity contribution is 5.91. The molecule has 0 aliphatic carbocycles. The van der Waals surface area contributed by atoms with E-state index in [-0.39, 0.29) is 24.5 Å². The number of amides is 1. The van der Waals surface area contributed by atoms with Crippen LogP contribution in [0.4, 0.5) is 5.69 Å². The first-order chi connectivity index (χ1) is 18.3. The number of carboxylic acid groups (broad SMARTS) is 1. The lowest BCUT2D eigenvalue weighted by Gasteiger charge is -2.42. The van der Waals surface area contributed by atoms with Gasteiger partial charge in [0.05, 0.1) is 24.3 Å². The molecule has 0 bridgehead atoms. The van der Waals surface area contributed by atoms with Gasteiger partial charge in [-0.05, 0) is 35.2 Å². The van der Waals surface area contributed by atoms with Gasteiger partial charge in [-0.2, -0.15) is 0 Å². The summed E-state index contributed by atoms with van der Waals surface area (Å²) in [6.45, 7) is 3.03. The smallest absolute Gasteiger partial charge is 0.326 e. The lowest BCUT2D eigenvalue weighted by atomic mass is 9.86. The van der Waals surface area contributed by atoms with E-state index in [4.69, 9.17) is 4.99 Å². The number of piperidine rings is 1. The van der Waals surface area contributed by atoms with Crippen LogP contribution in [0, 0.1) is 6.92 Å². The van der Waals surface area contributed by atoms with Gasteiger partial charge in [-0.25, -0.2) is 4.79 Å². The third-order valence-corrected chi connectivity index (χ3v) is 7.69. The number of likely N-dealkylation sites (tertiary alicyclic amines) is 1. The first-order valence-corrected chi connectivity index (χ1v) is 13.0. The van der Waals surface area contributed by atoms with Crippen molar-refractivity contribution in [3.8, 4) is 0 Å². The minimum absolute atomic E-state index is 0.0686. The van der Waals surface area contributed by atoms with Crippen LogP contribution in [0.2, 0.25) is 0 Å². The number of carbonyl (C=O) groups excluding carboxylic acids is 1. The first kappa shape index (κ1) is 25.5. The van der Waals surface area contributed by atoms with Gasteiger partial charge in [-0.3, -0.25) is 9.79 Å². The van der Waals surface area contributed by atoms with Gasteiger partial charge in [0, 0.05) is 39.3 Å². The van der Waals surface area contributed by atoms with E-state index >= 15 is 0 Å². The maximum atomic E-state index is 14.1. The summed E-state index contributed by atoms with van der Waals surface area (Å²) in [4.78, 5) is 37.1. The largest absolute Gasteiger partial charge is 0.480 e. The predicted octanol–water partition coefficient (Wildman–Crippen LogP) is 4.16. The number of benzene rings is 3. The highest BCUT2D eigenvalue weighted by Crippen LogP contribution is 2.34. The van der Waals surface area contributed by atoms with Crippen LogP contribution in [-0.4, -0.2) is 71.9 Å². The standard InChI is InChI=1S/C31H34N4O3/c1-21-16-22(14-15-26(21)33(2)3)18-34-20-32-25-19-35(28(31(37)38)17-27(25)34)30(36)29(23-10-6-4-7-11-23)24-12-8-5-9-13-24/h4-16,20,25,27-29H,17-19H2,1-3H3,(H,37,38). The third-order valence-electron chi connectivity index (χ3n) is 7.69. The molecule has 1 fully saturated rings. The van der Waals surface area contributed by atoms with Crippen molar-refractivity contribution in [1.29, 1.82) is 0 Å². The number of carboxylic acids is 1. The summed E-state index contributed by atoms with van der Waals surface area (Å²) < 4.78 is 0. The Labute approximate surface area is 224 Å². The quantitative estimate of drug-likeness (QED) is 0.517. The van der Waals surface area contributed by atoms with Gasteiger partial charge < -0.3 is 19.8 Å². The molecule has 3 atom stereocenters. The lowest BCUT2D eigenvalue weighted by Crippen LogP contribution is -2.59. The van der Waals surface area contributed by atoms with E-state index in [0.717, 1.165) is 16.7 Å². The molecule has 0 saturated carbocycles. The van der Waals surface area contributed by atoms with E-state index in [1.165, 1.54) is 11.3 Å². The fourth-order valence-corrected chi connectivity index (χ4v) is 5.82. The molecule has 1 amide bonds. The molecule has 0 radical (unpaired) electrons. The molecule has 7 nitrogen and oxygen atoms in total. The Hall–Kier alpha value is -4.13. The number of anilines is 1. The van der Waals surface area contributed by atoms with Crippen molar-refractivity contribution in [1.82, 2.24) is 9.80 Å². The molecule has 1 N–H and O–H groups in total. The molecule has 3 unspecified atom stereocenters. The van der Waals surface area contributed by atoms with Crippen LogP contribution in [0.1, 0.15) is 34.6 Å². The molecule has 2 aliphatic rings. The van der Waals surface area contributed by atoms with E-state index in [0.29, 0.717) is 13.0 Å². The number of fused-ring (bicyclic) bond motifs is 1. The molecule has 0 aromatic heterocycles. The van der Waals surface area contributed by atoms with Crippen molar-refractivity contribution in [3.05, 3.63) is 101 Å². The second-order valence-corrected chi connectivity index (χ2v) is 10.4. The molecule has 196 valence electrons. The third kappa shape index (κ3) is 5.01. The maximum Gasteiger partial charge on any atom is 0.326 e. The number of nitrogens with zero attached hydrogens (tertiary/aromatic N) is 4. The van der Waals surface area contributed by atoms with Crippen LogP contribution in [0.25, 0.3) is 0 Å². The van der Waals surface area contributed by atoms with Crippen LogP contribution >= 0.6 is 0 Å². The number of hydrogen-bond acceptors (Lipinski definition) is 5. The average molecular weight is 511 g/mol. The van der Waals surface area contributed by atoms with Gasteiger partial charge in [0.1, 0.15) is 6.04 Å². The monoisotopic (exact) mass is 510 g/mol. The van der Waals surface area contributed by atoms with Crippen LogP contribution in [0.5, 0.6) is 0 Å². The average Bonchev–Trinajstić information content (AvgIpc) is 3.30. The zero-order valence-electron chi connectivity index (χ0n) is 22.1. The minimum atomic E-state index is -0.977. The summed E-state index contributed by atoms with van der Waals surface area (Å²) in [7, 11) is 4.06. The molecule has 5 rings (SSSR count). The summed E-state index contributed by atoms with van der Waals surface area (Å²) in [5.41, 5.74) is 5.22. The van der Waals surface area contributed by atoms with Crippen molar-refractivity contribution >= 4 is 23.9 Å². The van der Waals surface area contributed by atoms with Crippen molar-refractivity contribution in [2.45, 2.75) is 43.9 Å². The minimum Gasteiger partial charge on any atom is -0.480 e. The van der Waals surface area contributed by atoms with Crippen molar-refractivity contribution < 1.29 is 14.7 Å². The Balaban J connectivity index is 1.39. The van der Waals surface area contributed by atoms with Gasteiger partial charge in [0.25, 0.3) is 0 Å². The molecular formula is C31H34N4O3. The summed E-state index contributed by atoms with van der Waals surface area (Å²) in [5.74, 6) is -1.75. The van der Waals surface area contributed by atoms with Crippen LogP contribution in [-0.2, 0) is 16.1 Å². The topological polar surface area (TPSA) is 76.4 Å². The fraction of sp³-hybridized carbons (Fsp3) is 0.323. The molecule has 3 aromatic rings. The van der Waals surface area contributed by atoms with E-state index in [2.05, 4.69) is 34.9 Å². The van der Waals surface area contributed by atoms with Crippen LogP contribution in [0.3, 0.4) is 0 Å². The summed E-state index contributed by atoms with van der Waals surface area (Å²) >= 11 is 0. The molecule has 0 spiro atoms. The predicted molar refractivity (Wildman–Crippen MR) is 150 cm³/mol. The Morgan fingerprint density at radius 3 is 2.18 bits per heavy atom. The number of carbonyl (C=O) groups is 2. The van der Waals surface area contributed by atoms with E-state index in [1.807, 2.05) is 81.1 Å². The van der Waals surface area contributed by atoms with Crippen LogP contribution in [0.15, 0.2) is 83.9 Å². The van der Waals surface area contributed by atoms with Gasteiger partial charge in [-0.1, -0.05) is 72.8 Å². The zero-order valence-corrected chi connectivity index (χ0v) is 22.1. The highest BCUT2D eigenvalue weighted by atomic mass is 16.4. The van der Waals surface area contributed by atoms with Gasteiger partial charge >= 0.3 is 5.97 Å². The molecular weight excluding hydrogens is 476 g/mol. The number of aryl methyl sites for hydroxylation is 1. The zero-order chi connectivity index (χ0) is 26.8. The van der Waals surface area contributed by atoms with E-state index in [9.17, 15) is 14.7 Å². The van der Waals surface area contributed by atoms with Gasteiger partial charge in [0.15, 0.2) is 0 Å². The van der Waals surface area contributed by atoms with Gasteiger partial charge in [0.2, 0.25) is 5.91 Å². The highest BCUT2D eigenvalue weighted by Gasteiger charge is 2.46. The Morgan fingerprint density at radius 1 is 1.00 bits per heavy atom. The van der Waals surface area contributed by atoms with E-state index < -0.39 is 17.9 Å². The number of aliphatic imine (C=N–C) groups is 1. The summed E-state index contributed by atoms with van der Waals surface area (Å²) in [6.07, 6.45) is 2.17. The number of aliphatic carboxylic acids is 1. The Bertz CT molecular complexity index is 1290. The number of hydrogen-bond donors (Lipinski definition) is 1. The van der Waals surface area contributed by atoms with Crippen molar-refractivity contribution in [3.63, 3.8) is 0 Å². The second-order valence-electron chi connectivity index (χ2n) is 10.4. The molecule has 1 saturated heterocycles. The Morgan fingerprint density at radius 2 is 1.63 bits per heavy atom. The first-order valence-electron chi connectivity index (χ1n) is 13.0. The maximum absolute atomic E-state index is 14.1. The molecule has 2 aliphatic heterocycles. The molecule has 3 aromatic carbocycles. The molecule has 7 heteroatoms. The summed E-state index contributed by atoms with van der Waals surface area (Å²) in [5, 5.41) is 10.2. The van der Waals surface area contributed by atoms with Gasteiger partial charge in [-0.15, -0.1) is 0 Å². The van der Waals surface area contributed by atoms with E-state index in [1.54, 1.807) is 4.90 Å². The SMILES string of the molecule is Cc1cc(CN2C=NC3CN(C(=O)C(c4ccccc4)c4ccccc4)C(C(=O)O)CC32)ccc1N(C)C. The molecule has 38 heavy (non-hydrogen) atoms. The lowest BCUT2D eigenvalue weighted by molar-refractivity contribution is -0.153.